The second kappa shape index (κ2) is 9.47. The van der Waals surface area contributed by atoms with Crippen LogP contribution in [0.3, 0.4) is 0 Å². The van der Waals surface area contributed by atoms with Crippen LogP contribution in [0, 0.1) is 6.92 Å². The Morgan fingerprint density at radius 1 is 1.03 bits per heavy atom. The molecule has 1 fully saturated rings. The summed E-state index contributed by atoms with van der Waals surface area (Å²) in [7, 11) is 0. The number of aliphatic carboxylic acids is 1. The van der Waals surface area contributed by atoms with E-state index < -0.39 is 23.7 Å². The number of nitrogens with zero attached hydrogens (tertiary/aromatic N) is 1. The third-order valence-electron chi connectivity index (χ3n) is 5.16. The van der Waals surface area contributed by atoms with E-state index in [0.717, 1.165) is 5.56 Å². The maximum atomic E-state index is 12.9. The van der Waals surface area contributed by atoms with Crippen molar-refractivity contribution in [1.82, 2.24) is 4.90 Å². The highest BCUT2D eigenvalue weighted by molar-refractivity contribution is 6.46. The fourth-order valence-electron chi connectivity index (χ4n) is 3.64. The van der Waals surface area contributed by atoms with Gasteiger partial charge in [0.2, 0.25) is 0 Å². The van der Waals surface area contributed by atoms with E-state index in [9.17, 15) is 19.5 Å². The van der Waals surface area contributed by atoms with E-state index in [-0.39, 0.29) is 30.7 Å². The van der Waals surface area contributed by atoms with Gasteiger partial charge in [0.05, 0.1) is 18.2 Å². The summed E-state index contributed by atoms with van der Waals surface area (Å²) in [4.78, 5) is 37.9. The minimum Gasteiger partial charge on any atom is -0.507 e. The second-order valence-corrected chi connectivity index (χ2v) is 7.36. The van der Waals surface area contributed by atoms with Crippen molar-refractivity contribution in [2.24, 2.45) is 0 Å². The number of Topliss-reactive ketones (excluding diaryl/α,β-unsaturated/α-hetero) is 1. The van der Waals surface area contributed by atoms with Crippen molar-refractivity contribution >= 4 is 23.4 Å². The highest BCUT2D eigenvalue weighted by Crippen LogP contribution is 2.40. The van der Waals surface area contributed by atoms with Crippen LogP contribution in [-0.4, -0.2) is 45.9 Å². The van der Waals surface area contributed by atoms with Crippen molar-refractivity contribution in [2.75, 3.05) is 13.2 Å². The number of ketones is 1. The summed E-state index contributed by atoms with van der Waals surface area (Å²) in [5, 5.41) is 19.9. The Labute approximate surface area is 180 Å². The van der Waals surface area contributed by atoms with Crippen LogP contribution >= 0.6 is 0 Å². The molecule has 3 rings (SSSR count). The molecule has 1 saturated heterocycles. The van der Waals surface area contributed by atoms with Crippen molar-refractivity contribution in [3.05, 3.63) is 70.8 Å². The van der Waals surface area contributed by atoms with Crippen molar-refractivity contribution in [1.29, 1.82) is 0 Å². The van der Waals surface area contributed by atoms with Gasteiger partial charge < -0.3 is 19.8 Å². The zero-order valence-corrected chi connectivity index (χ0v) is 17.5. The summed E-state index contributed by atoms with van der Waals surface area (Å²) in [6.07, 6.45) is 0.0669. The molecule has 2 aromatic carbocycles. The average molecular weight is 423 g/mol. The standard InChI is InChI=1S/C24H25NO6/c1-3-31-18-12-10-16(11-13-18)21-20(22(28)17-8-6-15(2)7-9-17)23(29)24(30)25(21)14-4-5-19(26)27/h6-13,21,28H,3-5,14H2,1-2H3,(H,26,27)/b22-20-. The number of likely N-dealkylation sites (tertiary alicyclic amines) is 1. The Bertz CT molecular complexity index is 1010. The zero-order chi connectivity index (χ0) is 22.5. The first-order valence-electron chi connectivity index (χ1n) is 10.1. The number of rotatable bonds is 8. The quantitative estimate of drug-likeness (QED) is 0.381. The van der Waals surface area contributed by atoms with E-state index in [2.05, 4.69) is 0 Å². The zero-order valence-electron chi connectivity index (χ0n) is 17.5. The lowest BCUT2D eigenvalue weighted by molar-refractivity contribution is -0.140. The number of aliphatic hydroxyl groups is 1. The second-order valence-electron chi connectivity index (χ2n) is 7.36. The number of hydrogen-bond acceptors (Lipinski definition) is 5. The van der Waals surface area contributed by atoms with Crippen LogP contribution in [0.2, 0.25) is 0 Å². The van der Waals surface area contributed by atoms with E-state index in [1.165, 1.54) is 4.90 Å². The van der Waals surface area contributed by atoms with Crippen molar-refractivity contribution < 1.29 is 29.3 Å². The summed E-state index contributed by atoms with van der Waals surface area (Å²) in [5.41, 5.74) is 2.05. The van der Waals surface area contributed by atoms with Crippen molar-refractivity contribution in [3.63, 3.8) is 0 Å². The first-order chi connectivity index (χ1) is 14.8. The molecule has 7 nitrogen and oxygen atoms in total. The molecule has 1 amide bonds. The Hall–Kier alpha value is -3.61. The van der Waals surface area contributed by atoms with E-state index in [4.69, 9.17) is 9.84 Å². The number of amides is 1. The molecule has 1 heterocycles. The molecule has 7 heteroatoms. The highest BCUT2D eigenvalue weighted by Gasteiger charge is 2.45. The number of aliphatic hydroxyl groups excluding tert-OH is 1. The van der Waals surface area contributed by atoms with E-state index >= 15 is 0 Å². The number of carbonyl (C=O) groups is 3. The number of benzene rings is 2. The van der Waals surface area contributed by atoms with Gasteiger partial charge in [-0.1, -0.05) is 42.0 Å². The summed E-state index contributed by atoms with van der Waals surface area (Å²) >= 11 is 0. The van der Waals surface area contributed by atoms with Gasteiger partial charge in [-0.3, -0.25) is 14.4 Å². The number of aryl methyl sites for hydroxylation is 1. The van der Waals surface area contributed by atoms with Gasteiger partial charge in [-0.05, 0) is 38.0 Å². The fraction of sp³-hybridized carbons (Fsp3) is 0.292. The van der Waals surface area contributed by atoms with Gasteiger partial charge in [-0.25, -0.2) is 0 Å². The molecule has 31 heavy (non-hydrogen) atoms. The minimum atomic E-state index is -0.978. The SMILES string of the molecule is CCOc1ccc(C2/C(=C(/O)c3ccc(C)cc3)C(=O)C(=O)N2CCCC(=O)O)cc1. The normalized spacial score (nSPS) is 17.7. The molecule has 1 unspecified atom stereocenters. The molecule has 0 aliphatic carbocycles. The minimum absolute atomic E-state index is 0.00617. The van der Waals surface area contributed by atoms with Crippen LogP contribution in [0.4, 0.5) is 0 Å². The molecule has 0 radical (unpaired) electrons. The van der Waals surface area contributed by atoms with Crippen LogP contribution in [0.1, 0.15) is 42.5 Å². The topological polar surface area (TPSA) is 104 Å². The van der Waals surface area contributed by atoms with Gasteiger partial charge in [0.1, 0.15) is 11.5 Å². The number of carboxylic acid groups (broad SMARTS) is 1. The lowest BCUT2D eigenvalue weighted by Gasteiger charge is -2.25. The number of hydrogen-bond donors (Lipinski definition) is 2. The largest absolute Gasteiger partial charge is 0.507 e. The van der Waals surface area contributed by atoms with E-state index in [1.54, 1.807) is 36.4 Å². The third kappa shape index (κ3) is 4.77. The number of carboxylic acids is 1. The van der Waals surface area contributed by atoms with E-state index in [1.807, 2.05) is 26.0 Å². The summed E-state index contributed by atoms with van der Waals surface area (Å²) in [6, 6.07) is 13.2. The van der Waals surface area contributed by atoms with Gasteiger partial charge in [-0.15, -0.1) is 0 Å². The Morgan fingerprint density at radius 2 is 1.68 bits per heavy atom. The molecule has 162 valence electrons. The number of carbonyl (C=O) groups excluding carboxylic acids is 2. The molecule has 0 bridgehead atoms. The smallest absolute Gasteiger partial charge is 0.303 e. The summed E-state index contributed by atoms with van der Waals surface area (Å²) in [5.74, 6) is -2.12. The Morgan fingerprint density at radius 3 is 2.26 bits per heavy atom. The molecule has 0 saturated carbocycles. The Kier molecular flexibility index (Phi) is 6.74. The van der Waals surface area contributed by atoms with Crippen molar-refractivity contribution in [3.8, 4) is 5.75 Å². The molecule has 2 N–H and O–H groups in total. The van der Waals surface area contributed by atoms with Gasteiger partial charge in [0.15, 0.2) is 0 Å². The molecule has 1 atom stereocenters. The lowest BCUT2D eigenvalue weighted by atomic mass is 9.95. The molecule has 1 aliphatic rings. The van der Waals surface area contributed by atoms with Gasteiger partial charge in [-0.2, -0.15) is 0 Å². The summed E-state index contributed by atoms with van der Waals surface area (Å²) < 4.78 is 5.46. The molecule has 0 spiro atoms. The predicted molar refractivity (Wildman–Crippen MR) is 115 cm³/mol. The first-order valence-corrected chi connectivity index (χ1v) is 10.1. The van der Waals surface area contributed by atoms with Crippen LogP contribution in [-0.2, 0) is 14.4 Å². The van der Waals surface area contributed by atoms with Gasteiger partial charge >= 0.3 is 5.97 Å². The molecule has 0 aromatic heterocycles. The average Bonchev–Trinajstić information content (AvgIpc) is 2.99. The van der Waals surface area contributed by atoms with Crippen LogP contribution < -0.4 is 4.74 Å². The maximum Gasteiger partial charge on any atom is 0.303 e. The molecular weight excluding hydrogens is 398 g/mol. The molecule has 1 aliphatic heterocycles. The fourth-order valence-corrected chi connectivity index (χ4v) is 3.64. The Balaban J connectivity index is 2.06. The van der Waals surface area contributed by atoms with E-state index in [0.29, 0.717) is 23.5 Å². The third-order valence-corrected chi connectivity index (χ3v) is 5.16. The summed E-state index contributed by atoms with van der Waals surface area (Å²) in [6.45, 7) is 4.36. The van der Waals surface area contributed by atoms with Gasteiger partial charge in [0.25, 0.3) is 11.7 Å². The first kappa shape index (κ1) is 22.1. The highest BCUT2D eigenvalue weighted by atomic mass is 16.5. The van der Waals surface area contributed by atoms with Crippen LogP contribution in [0.5, 0.6) is 5.75 Å². The van der Waals surface area contributed by atoms with Crippen molar-refractivity contribution in [2.45, 2.75) is 32.7 Å². The monoisotopic (exact) mass is 423 g/mol. The maximum absolute atomic E-state index is 12.9. The van der Waals surface area contributed by atoms with Crippen LogP contribution in [0.15, 0.2) is 54.1 Å². The van der Waals surface area contributed by atoms with Gasteiger partial charge in [0, 0.05) is 18.5 Å². The molecule has 2 aromatic rings. The number of ether oxygens (including phenoxy) is 1. The lowest BCUT2D eigenvalue weighted by Crippen LogP contribution is -2.31. The predicted octanol–water partition coefficient (Wildman–Crippen LogP) is 3.68. The van der Waals surface area contributed by atoms with Crippen LogP contribution in [0.25, 0.3) is 5.76 Å². The molecular formula is C24H25NO6.